The van der Waals surface area contributed by atoms with Crippen LogP contribution in [0.1, 0.15) is 191 Å². The summed E-state index contributed by atoms with van der Waals surface area (Å²) >= 11 is 1.92. The molecule has 268 valence electrons. The second kappa shape index (κ2) is 27.7. The van der Waals surface area contributed by atoms with Crippen molar-refractivity contribution in [1.82, 2.24) is 0 Å². The van der Waals surface area contributed by atoms with Crippen molar-refractivity contribution >= 4 is 39.4 Å². The Morgan fingerprint density at radius 1 is 0.500 bits per heavy atom. The Labute approximate surface area is 301 Å². The van der Waals surface area contributed by atoms with Crippen molar-refractivity contribution in [3.8, 4) is 0 Å². The smallest absolute Gasteiger partial charge is 0.262 e. The molecule has 0 fully saturated rings. The highest BCUT2D eigenvalue weighted by molar-refractivity contribution is 7.18. The minimum Gasteiger partial charge on any atom is -0.385 e. The summed E-state index contributed by atoms with van der Waals surface area (Å²) in [5.41, 5.74) is 3.89. The van der Waals surface area contributed by atoms with E-state index in [1.807, 2.05) is 11.3 Å². The van der Waals surface area contributed by atoms with Crippen molar-refractivity contribution in [2.75, 3.05) is 11.9 Å². The summed E-state index contributed by atoms with van der Waals surface area (Å²) in [7, 11) is 0. The summed E-state index contributed by atoms with van der Waals surface area (Å²) in [6.45, 7) is 6.79. The lowest BCUT2D eigenvalue weighted by atomic mass is 10.0. The molecule has 0 saturated carbocycles. The SMILES string of the molecule is CCCCCCCCCCCCCCCCCCNc1ccc(/C=C/c2sc3ccccc3[n+]2CCCCCCCCCCCC)cc1. The maximum absolute atomic E-state index is 3.65. The minimum absolute atomic E-state index is 1.08. The van der Waals surface area contributed by atoms with Gasteiger partial charge in [-0.25, -0.2) is 0 Å². The van der Waals surface area contributed by atoms with E-state index in [2.05, 4.69) is 84.4 Å². The molecule has 0 aliphatic carbocycles. The quantitative estimate of drug-likeness (QED) is 0.0531. The van der Waals surface area contributed by atoms with Crippen LogP contribution in [-0.2, 0) is 6.54 Å². The lowest BCUT2D eigenvalue weighted by Crippen LogP contribution is -2.34. The molecule has 48 heavy (non-hydrogen) atoms. The highest BCUT2D eigenvalue weighted by atomic mass is 32.1. The molecule has 0 spiro atoms. The van der Waals surface area contributed by atoms with Crippen LogP contribution in [0.25, 0.3) is 22.4 Å². The van der Waals surface area contributed by atoms with Gasteiger partial charge in [-0.1, -0.05) is 197 Å². The molecule has 0 aliphatic rings. The van der Waals surface area contributed by atoms with E-state index in [4.69, 9.17) is 0 Å². The molecular weight excluding hydrogens is 601 g/mol. The zero-order chi connectivity index (χ0) is 33.7. The van der Waals surface area contributed by atoms with E-state index in [9.17, 15) is 0 Å². The van der Waals surface area contributed by atoms with Crippen LogP contribution >= 0.6 is 11.3 Å². The van der Waals surface area contributed by atoms with Crippen LogP contribution in [0.5, 0.6) is 0 Å². The number of aromatic nitrogens is 1. The van der Waals surface area contributed by atoms with Gasteiger partial charge in [-0.15, -0.1) is 0 Å². The molecule has 0 aliphatic heterocycles. The maximum Gasteiger partial charge on any atom is 0.262 e. The number of nitrogens with zero attached hydrogens (tertiary/aromatic N) is 1. The summed E-state index contributed by atoms with van der Waals surface area (Å²) in [5, 5.41) is 5.01. The maximum atomic E-state index is 3.65. The van der Waals surface area contributed by atoms with Gasteiger partial charge in [0.25, 0.3) is 5.01 Å². The molecule has 1 aromatic heterocycles. The number of fused-ring (bicyclic) bond motifs is 1. The fourth-order valence-electron chi connectivity index (χ4n) is 6.95. The molecule has 0 saturated heterocycles. The molecule has 0 amide bonds. The van der Waals surface area contributed by atoms with Crippen LogP contribution in [0, 0.1) is 0 Å². The largest absolute Gasteiger partial charge is 0.385 e. The number of hydrogen-bond donors (Lipinski definition) is 1. The third kappa shape index (κ3) is 18.0. The van der Waals surface area contributed by atoms with E-state index in [1.54, 1.807) is 0 Å². The Hall–Kier alpha value is -2.13. The van der Waals surface area contributed by atoms with Gasteiger partial charge in [0.15, 0.2) is 6.54 Å². The summed E-state index contributed by atoms with van der Waals surface area (Å²) in [4.78, 5) is 0. The van der Waals surface area contributed by atoms with E-state index in [-0.39, 0.29) is 0 Å². The topological polar surface area (TPSA) is 15.9 Å². The first-order valence-corrected chi connectivity index (χ1v) is 21.6. The highest BCUT2D eigenvalue weighted by Crippen LogP contribution is 2.23. The van der Waals surface area contributed by atoms with Crippen LogP contribution < -0.4 is 9.88 Å². The third-order valence-electron chi connectivity index (χ3n) is 10.1. The summed E-state index contributed by atoms with van der Waals surface area (Å²) < 4.78 is 3.94. The summed E-state index contributed by atoms with van der Waals surface area (Å²) in [5.74, 6) is 0. The number of thiazole rings is 1. The average molecular weight is 674 g/mol. The van der Waals surface area contributed by atoms with Gasteiger partial charge in [-0.2, -0.15) is 4.57 Å². The first kappa shape index (κ1) is 40.3. The Morgan fingerprint density at radius 2 is 0.958 bits per heavy atom. The molecule has 2 aromatic carbocycles. The Kier molecular flexibility index (Phi) is 23.2. The van der Waals surface area contributed by atoms with Crippen LogP contribution in [0.2, 0.25) is 0 Å². The van der Waals surface area contributed by atoms with Crippen molar-refractivity contribution in [2.45, 2.75) is 187 Å². The molecule has 2 nitrogen and oxygen atoms in total. The van der Waals surface area contributed by atoms with Crippen LogP contribution in [0.4, 0.5) is 5.69 Å². The molecular formula is C45H73N2S+. The predicted octanol–water partition coefficient (Wildman–Crippen LogP) is 15.0. The monoisotopic (exact) mass is 674 g/mol. The van der Waals surface area contributed by atoms with Gasteiger partial charge in [0, 0.05) is 30.8 Å². The zero-order valence-corrected chi connectivity index (χ0v) is 32.2. The van der Waals surface area contributed by atoms with Gasteiger partial charge >= 0.3 is 0 Å². The van der Waals surface area contributed by atoms with Gasteiger partial charge in [0.05, 0.1) is 0 Å². The number of anilines is 1. The normalized spacial score (nSPS) is 11.7. The fourth-order valence-corrected chi connectivity index (χ4v) is 8.04. The summed E-state index contributed by atoms with van der Waals surface area (Å²) in [6.07, 6.45) is 41.2. The van der Waals surface area contributed by atoms with Crippen molar-refractivity contribution in [3.63, 3.8) is 0 Å². The number of unbranched alkanes of at least 4 members (excludes halogenated alkanes) is 24. The van der Waals surface area contributed by atoms with E-state index < -0.39 is 0 Å². The summed E-state index contributed by atoms with van der Waals surface area (Å²) in [6, 6.07) is 17.9. The van der Waals surface area contributed by atoms with E-state index in [0.29, 0.717) is 0 Å². The average Bonchev–Trinajstić information content (AvgIpc) is 3.47. The van der Waals surface area contributed by atoms with E-state index >= 15 is 0 Å². The Bertz CT molecular complexity index is 1190. The zero-order valence-electron chi connectivity index (χ0n) is 31.4. The predicted molar refractivity (Wildman–Crippen MR) is 217 cm³/mol. The van der Waals surface area contributed by atoms with Crippen molar-refractivity contribution in [3.05, 3.63) is 59.1 Å². The van der Waals surface area contributed by atoms with Crippen molar-refractivity contribution in [2.24, 2.45) is 0 Å². The van der Waals surface area contributed by atoms with Gasteiger partial charge in [0.1, 0.15) is 4.70 Å². The number of aryl methyl sites for hydroxylation is 1. The third-order valence-corrected chi connectivity index (χ3v) is 11.2. The Morgan fingerprint density at radius 3 is 1.48 bits per heavy atom. The number of para-hydroxylation sites is 1. The van der Waals surface area contributed by atoms with E-state index in [1.165, 1.54) is 193 Å². The van der Waals surface area contributed by atoms with Crippen LogP contribution in [-0.4, -0.2) is 6.54 Å². The van der Waals surface area contributed by atoms with Gasteiger partial charge in [-0.05, 0) is 42.7 Å². The lowest BCUT2D eigenvalue weighted by Gasteiger charge is -2.07. The second-order valence-electron chi connectivity index (χ2n) is 14.4. The molecule has 1 heterocycles. The van der Waals surface area contributed by atoms with Crippen molar-refractivity contribution in [1.29, 1.82) is 0 Å². The molecule has 0 bridgehead atoms. The standard InChI is InChI=1S/C45H72N2S/c1-3-5-7-9-11-13-15-16-17-18-19-20-21-23-25-29-39-46-42-36-33-41(34-37-42)35-38-45-47(43-31-27-28-32-44(43)48-45)40-30-26-24-22-14-12-10-8-6-4-2/h27-28,31-38H,3-26,29-30,39-40H2,1-2H3/p+1. The number of nitrogens with one attached hydrogen (secondary N) is 1. The number of hydrogen-bond acceptors (Lipinski definition) is 2. The first-order valence-electron chi connectivity index (χ1n) is 20.7. The number of rotatable bonds is 31. The first-order chi connectivity index (χ1) is 23.8. The molecule has 3 heteroatoms. The number of benzene rings is 2. The molecule has 0 atom stereocenters. The second-order valence-corrected chi connectivity index (χ2v) is 15.5. The van der Waals surface area contributed by atoms with Gasteiger partial charge in [-0.3, -0.25) is 0 Å². The van der Waals surface area contributed by atoms with Crippen molar-refractivity contribution < 1.29 is 4.57 Å². The van der Waals surface area contributed by atoms with Gasteiger partial charge < -0.3 is 5.32 Å². The fraction of sp³-hybridized carbons (Fsp3) is 0.667. The minimum atomic E-state index is 1.08. The molecule has 0 radical (unpaired) electrons. The van der Waals surface area contributed by atoms with Crippen LogP contribution in [0.15, 0.2) is 48.5 Å². The Balaban J connectivity index is 1.25. The highest BCUT2D eigenvalue weighted by Gasteiger charge is 2.17. The van der Waals surface area contributed by atoms with E-state index in [0.717, 1.165) is 13.1 Å². The molecule has 0 unspecified atom stereocenters. The lowest BCUT2D eigenvalue weighted by molar-refractivity contribution is -0.669. The molecule has 1 N–H and O–H groups in total. The van der Waals surface area contributed by atoms with Crippen LogP contribution in [0.3, 0.4) is 0 Å². The molecule has 3 aromatic rings. The molecule has 3 rings (SSSR count). The van der Waals surface area contributed by atoms with Gasteiger partial charge in [0.2, 0.25) is 5.52 Å².